The van der Waals surface area contributed by atoms with Gasteiger partial charge < -0.3 is 9.73 Å². The van der Waals surface area contributed by atoms with Crippen molar-refractivity contribution >= 4 is 22.7 Å². The molecule has 22 heavy (non-hydrogen) atoms. The molecule has 3 aromatic rings. The molecule has 1 amide bonds. The van der Waals surface area contributed by atoms with Gasteiger partial charge in [-0.05, 0) is 38.1 Å². The van der Waals surface area contributed by atoms with Gasteiger partial charge in [0.15, 0.2) is 11.2 Å². The van der Waals surface area contributed by atoms with Crippen molar-refractivity contribution < 1.29 is 9.21 Å². The van der Waals surface area contributed by atoms with Crippen molar-refractivity contribution in [2.75, 3.05) is 5.32 Å². The first kappa shape index (κ1) is 14.0. The van der Waals surface area contributed by atoms with Crippen LogP contribution in [0.4, 0.5) is 5.82 Å². The van der Waals surface area contributed by atoms with E-state index < -0.39 is 5.91 Å². The maximum Gasteiger partial charge on any atom is 0.292 e. The smallest absolute Gasteiger partial charge is 0.292 e. The normalized spacial score (nSPS) is 10.6. The number of aryl methyl sites for hydroxylation is 2. The Bertz CT molecular complexity index is 929. The first-order valence-electron chi connectivity index (χ1n) is 6.82. The lowest BCUT2D eigenvalue weighted by Crippen LogP contribution is -2.15. The fourth-order valence-corrected chi connectivity index (χ4v) is 2.17. The van der Waals surface area contributed by atoms with Crippen molar-refractivity contribution in [1.82, 2.24) is 4.98 Å². The molecule has 0 spiro atoms. The zero-order valence-electron chi connectivity index (χ0n) is 12.2. The summed E-state index contributed by atoms with van der Waals surface area (Å²) in [5.74, 6) is -0.126. The SMILES string of the molecule is Cc1ccc2oc(C(=O)Nc3cccc(C)n3)cc(=O)c2c1. The van der Waals surface area contributed by atoms with Crippen LogP contribution in [0.25, 0.3) is 11.0 Å². The highest BCUT2D eigenvalue weighted by Crippen LogP contribution is 2.15. The van der Waals surface area contributed by atoms with E-state index in [0.29, 0.717) is 16.8 Å². The summed E-state index contributed by atoms with van der Waals surface area (Å²) in [6.07, 6.45) is 0. The number of anilines is 1. The minimum Gasteiger partial charge on any atom is -0.451 e. The van der Waals surface area contributed by atoms with Gasteiger partial charge in [0.1, 0.15) is 11.4 Å². The first-order valence-corrected chi connectivity index (χ1v) is 6.82. The zero-order chi connectivity index (χ0) is 15.7. The average molecular weight is 294 g/mol. The van der Waals surface area contributed by atoms with Gasteiger partial charge in [0, 0.05) is 11.8 Å². The highest BCUT2D eigenvalue weighted by molar-refractivity contribution is 6.02. The van der Waals surface area contributed by atoms with E-state index >= 15 is 0 Å². The van der Waals surface area contributed by atoms with Gasteiger partial charge >= 0.3 is 0 Å². The van der Waals surface area contributed by atoms with Crippen LogP contribution in [0, 0.1) is 13.8 Å². The lowest BCUT2D eigenvalue weighted by molar-refractivity contribution is 0.0997. The van der Waals surface area contributed by atoms with Crippen molar-refractivity contribution in [3.05, 3.63) is 69.7 Å². The van der Waals surface area contributed by atoms with Gasteiger partial charge in [-0.15, -0.1) is 0 Å². The average Bonchev–Trinajstić information content (AvgIpc) is 2.48. The molecular formula is C17H14N2O3. The fourth-order valence-electron chi connectivity index (χ4n) is 2.17. The predicted octanol–water partition coefficient (Wildman–Crippen LogP) is 3.06. The molecule has 1 N–H and O–H groups in total. The fraction of sp³-hybridized carbons (Fsp3) is 0.118. The van der Waals surface area contributed by atoms with E-state index in [9.17, 15) is 9.59 Å². The van der Waals surface area contributed by atoms with Crippen molar-refractivity contribution in [1.29, 1.82) is 0 Å². The van der Waals surface area contributed by atoms with E-state index in [1.807, 2.05) is 26.0 Å². The highest BCUT2D eigenvalue weighted by Gasteiger charge is 2.13. The van der Waals surface area contributed by atoms with E-state index in [1.165, 1.54) is 6.07 Å². The van der Waals surface area contributed by atoms with Crippen molar-refractivity contribution in [3.63, 3.8) is 0 Å². The standard InChI is InChI=1S/C17H14N2O3/c1-10-6-7-14-12(8-10)13(20)9-15(22-14)17(21)19-16-5-3-4-11(2)18-16/h3-9H,1-2H3,(H,18,19,21). The molecule has 0 aliphatic heterocycles. The van der Waals surface area contributed by atoms with Crippen LogP contribution in [-0.4, -0.2) is 10.9 Å². The van der Waals surface area contributed by atoms with Crippen LogP contribution in [0.2, 0.25) is 0 Å². The maximum atomic E-state index is 12.2. The molecule has 0 unspecified atom stereocenters. The molecule has 5 nitrogen and oxygen atoms in total. The van der Waals surface area contributed by atoms with E-state index in [-0.39, 0.29) is 11.2 Å². The first-order chi connectivity index (χ1) is 10.5. The molecule has 0 saturated carbocycles. The second-order valence-corrected chi connectivity index (χ2v) is 5.09. The molecule has 5 heteroatoms. The van der Waals surface area contributed by atoms with Gasteiger partial charge in [-0.2, -0.15) is 0 Å². The lowest BCUT2D eigenvalue weighted by atomic mass is 10.1. The van der Waals surface area contributed by atoms with Gasteiger partial charge in [-0.25, -0.2) is 4.98 Å². The summed E-state index contributed by atoms with van der Waals surface area (Å²) < 4.78 is 5.52. The predicted molar refractivity (Wildman–Crippen MR) is 84.1 cm³/mol. The number of benzene rings is 1. The minimum absolute atomic E-state index is 0.0374. The number of hydrogen-bond donors (Lipinski definition) is 1. The topological polar surface area (TPSA) is 72.2 Å². The summed E-state index contributed by atoms with van der Waals surface area (Å²) in [5.41, 5.74) is 1.89. The number of nitrogens with one attached hydrogen (secondary N) is 1. The lowest BCUT2D eigenvalue weighted by Gasteiger charge is -2.05. The largest absolute Gasteiger partial charge is 0.451 e. The second-order valence-electron chi connectivity index (χ2n) is 5.09. The number of aromatic nitrogens is 1. The monoisotopic (exact) mass is 294 g/mol. The number of carbonyl (C=O) groups excluding carboxylic acids is 1. The molecular weight excluding hydrogens is 280 g/mol. The van der Waals surface area contributed by atoms with Crippen LogP contribution < -0.4 is 10.7 Å². The molecule has 0 saturated heterocycles. The Labute approximate surface area is 126 Å². The van der Waals surface area contributed by atoms with Gasteiger partial charge in [0.05, 0.1) is 5.39 Å². The molecule has 0 aliphatic rings. The van der Waals surface area contributed by atoms with E-state index in [1.54, 1.807) is 24.3 Å². The van der Waals surface area contributed by atoms with Gasteiger partial charge in [-0.3, -0.25) is 9.59 Å². The van der Waals surface area contributed by atoms with Crippen LogP contribution in [-0.2, 0) is 0 Å². The molecule has 3 rings (SSSR count). The molecule has 0 radical (unpaired) electrons. The third-order valence-corrected chi connectivity index (χ3v) is 3.24. The Morgan fingerprint density at radius 3 is 2.73 bits per heavy atom. The molecule has 2 heterocycles. The molecule has 2 aromatic heterocycles. The van der Waals surface area contributed by atoms with Gasteiger partial charge in [0.25, 0.3) is 5.91 Å². The van der Waals surface area contributed by atoms with Gasteiger partial charge in [-0.1, -0.05) is 17.7 Å². The van der Waals surface area contributed by atoms with Crippen LogP contribution >= 0.6 is 0 Å². The Balaban J connectivity index is 1.98. The van der Waals surface area contributed by atoms with E-state index in [2.05, 4.69) is 10.3 Å². The van der Waals surface area contributed by atoms with Crippen molar-refractivity contribution in [2.45, 2.75) is 13.8 Å². The van der Waals surface area contributed by atoms with Crippen LogP contribution in [0.15, 0.2) is 51.7 Å². The van der Waals surface area contributed by atoms with Crippen LogP contribution in [0.1, 0.15) is 21.8 Å². The molecule has 0 atom stereocenters. The third kappa shape index (κ3) is 2.74. The summed E-state index contributed by atoms with van der Waals surface area (Å²) in [5, 5.41) is 3.08. The van der Waals surface area contributed by atoms with Gasteiger partial charge in [0.2, 0.25) is 0 Å². The van der Waals surface area contributed by atoms with E-state index in [4.69, 9.17) is 4.42 Å². The molecule has 110 valence electrons. The maximum absolute atomic E-state index is 12.2. The Hall–Kier alpha value is -2.95. The summed E-state index contributed by atoms with van der Waals surface area (Å²) in [6.45, 7) is 3.72. The number of rotatable bonds is 2. The molecule has 1 aromatic carbocycles. The molecule has 0 aliphatic carbocycles. The number of amides is 1. The second kappa shape index (κ2) is 5.44. The molecule has 0 fully saturated rings. The summed E-state index contributed by atoms with van der Waals surface area (Å²) in [7, 11) is 0. The Morgan fingerprint density at radius 1 is 1.14 bits per heavy atom. The quantitative estimate of drug-likeness (QED) is 0.788. The summed E-state index contributed by atoms with van der Waals surface area (Å²) in [4.78, 5) is 28.5. The highest BCUT2D eigenvalue weighted by atomic mass is 16.3. The Kier molecular flexibility index (Phi) is 3.47. The summed E-state index contributed by atoms with van der Waals surface area (Å²) >= 11 is 0. The number of hydrogen-bond acceptors (Lipinski definition) is 4. The van der Waals surface area contributed by atoms with Crippen molar-refractivity contribution in [2.24, 2.45) is 0 Å². The minimum atomic E-state index is -0.502. The van der Waals surface area contributed by atoms with E-state index in [0.717, 1.165) is 11.3 Å². The number of carbonyl (C=O) groups is 1. The van der Waals surface area contributed by atoms with Crippen LogP contribution in [0.5, 0.6) is 0 Å². The number of fused-ring (bicyclic) bond motifs is 1. The number of nitrogens with zero attached hydrogens (tertiary/aromatic N) is 1. The Morgan fingerprint density at radius 2 is 1.95 bits per heavy atom. The third-order valence-electron chi connectivity index (χ3n) is 3.24. The molecule has 0 bridgehead atoms. The zero-order valence-corrected chi connectivity index (χ0v) is 12.2. The number of pyridine rings is 1. The van der Waals surface area contributed by atoms with Crippen molar-refractivity contribution in [3.8, 4) is 0 Å². The summed E-state index contributed by atoms with van der Waals surface area (Å²) in [6, 6.07) is 11.7. The van der Waals surface area contributed by atoms with Crippen LogP contribution in [0.3, 0.4) is 0 Å².